The summed E-state index contributed by atoms with van der Waals surface area (Å²) in [6.07, 6.45) is -2.66. The van der Waals surface area contributed by atoms with Gasteiger partial charge in [-0.3, -0.25) is 4.79 Å². The van der Waals surface area contributed by atoms with E-state index in [2.05, 4.69) is 20.9 Å². The summed E-state index contributed by atoms with van der Waals surface area (Å²) in [6.45, 7) is 0. The van der Waals surface area contributed by atoms with E-state index in [0.29, 0.717) is 0 Å². The van der Waals surface area contributed by atoms with Crippen molar-refractivity contribution in [2.24, 2.45) is 0 Å². The van der Waals surface area contributed by atoms with E-state index in [0.717, 1.165) is 6.07 Å². The van der Waals surface area contributed by atoms with Gasteiger partial charge in [0.25, 0.3) is 11.7 Å². The van der Waals surface area contributed by atoms with Crippen LogP contribution in [0.3, 0.4) is 0 Å². The zero-order chi connectivity index (χ0) is 10.9. The van der Waals surface area contributed by atoms with Crippen LogP contribution in [-0.4, -0.2) is 10.2 Å². The largest absolute Gasteiger partial charge is 0.274 e. The molecule has 0 aliphatic carbocycles. The summed E-state index contributed by atoms with van der Waals surface area (Å²) in [6, 6.07) is 0.993. The fraction of sp³-hybridized carbons (Fsp3) is 0.143. The Bertz CT molecular complexity index is 388. The van der Waals surface area contributed by atoms with Crippen LogP contribution in [0.4, 0.5) is 8.78 Å². The lowest BCUT2D eigenvalue weighted by atomic mass is 10.2. The Hall–Kier alpha value is 0.180. The van der Waals surface area contributed by atoms with Gasteiger partial charge in [-0.25, -0.2) is 13.8 Å². The predicted molar refractivity (Wildman–Crippen MR) is 59.8 cm³/mol. The van der Waals surface area contributed by atoms with Crippen molar-refractivity contribution in [1.29, 1.82) is 0 Å². The first-order valence-corrected chi connectivity index (χ1v) is 5.52. The zero-order valence-corrected chi connectivity index (χ0v) is 10.9. The number of halogens is 5. The van der Waals surface area contributed by atoms with Crippen molar-refractivity contribution < 1.29 is 13.6 Å². The molecular weight excluding hydrogens is 394 g/mol. The standard InChI is InChI=1S/C7H2BrClF2INO/c8-5-4(12)2(7(10)11)1-3(13-5)6(9)14/h1,7H. The van der Waals surface area contributed by atoms with Crippen LogP contribution in [0.15, 0.2) is 10.7 Å². The highest BCUT2D eigenvalue weighted by Crippen LogP contribution is 2.29. The molecule has 0 radical (unpaired) electrons. The molecule has 0 fully saturated rings. The smallest absolute Gasteiger partial charge is 0.270 e. The van der Waals surface area contributed by atoms with E-state index in [4.69, 9.17) is 11.6 Å². The first-order valence-electron chi connectivity index (χ1n) is 3.27. The molecule has 7 heteroatoms. The summed E-state index contributed by atoms with van der Waals surface area (Å²) in [4.78, 5) is 14.4. The third-order valence-electron chi connectivity index (χ3n) is 1.38. The molecule has 1 aromatic heterocycles. The summed E-state index contributed by atoms with van der Waals surface area (Å²) in [7, 11) is 0. The molecule has 0 atom stereocenters. The van der Waals surface area contributed by atoms with Crippen LogP contribution in [0.25, 0.3) is 0 Å². The van der Waals surface area contributed by atoms with Crippen LogP contribution in [0, 0.1) is 3.57 Å². The summed E-state index contributed by atoms with van der Waals surface area (Å²) >= 11 is 9.82. The number of rotatable bonds is 2. The van der Waals surface area contributed by atoms with Gasteiger partial charge < -0.3 is 0 Å². The Labute approximate surface area is 105 Å². The maximum Gasteiger partial charge on any atom is 0.270 e. The number of alkyl halides is 2. The number of carbonyl (C=O) groups is 1. The van der Waals surface area contributed by atoms with E-state index < -0.39 is 11.7 Å². The molecule has 0 saturated heterocycles. The minimum Gasteiger partial charge on any atom is -0.274 e. The molecule has 0 bridgehead atoms. The Morgan fingerprint density at radius 2 is 2.21 bits per heavy atom. The molecule has 1 aromatic rings. The minimum absolute atomic E-state index is 0.186. The second-order valence-corrected chi connectivity index (χ2v) is 4.45. The van der Waals surface area contributed by atoms with E-state index in [1.54, 1.807) is 22.6 Å². The molecule has 0 spiro atoms. The normalized spacial score (nSPS) is 10.7. The van der Waals surface area contributed by atoms with Gasteiger partial charge in [-0.1, -0.05) is 0 Å². The molecule has 0 N–H and O–H groups in total. The van der Waals surface area contributed by atoms with Gasteiger partial charge in [0.15, 0.2) is 0 Å². The van der Waals surface area contributed by atoms with E-state index >= 15 is 0 Å². The van der Waals surface area contributed by atoms with Crippen LogP contribution in [-0.2, 0) is 0 Å². The number of hydrogen-bond donors (Lipinski definition) is 0. The maximum atomic E-state index is 12.4. The number of aromatic nitrogens is 1. The minimum atomic E-state index is -2.66. The third-order valence-corrected chi connectivity index (χ3v) is 4.02. The molecule has 0 aliphatic rings. The Morgan fingerprint density at radius 1 is 1.64 bits per heavy atom. The average Bonchev–Trinajstić information content (AvgIpc) is 2.08. The van der Waals surface area contributed by atoms with Crippen LogP contribution in [0.5, 0.6) is 0 Å². The van der Waals surface area contributed by atoms with Crippen molar-refractivity contribution in [3.63, 3.8) is 0 Å². The van der Waals surface area contributed by atoms with Crippen LogP contribution < -0.4 is 0 Å². The van der Waals surface area contributed by atoms with E-state index in [1.807, 2.05) is 0 Å². The number of pyridine rings is 1. The van der Waals surface area contributed by atoms with Gasteiger partial charge in [-0.2, -0.15) is 0 Å². The predicted octanol–water partition coefficient (Wildman–Crippen LogP) is 3.77. The van der Waals surface area contributed by atoms with Gasteiger partial charge >= 0.3 is 0 Å². The second-order valence-electron chi connectivity index (χ2n) is 2.28. The van der Waals surface area contributed by atoms with E-state index in [1.165, 1.54) is 0 Å². The van der Waals surface area contributed by atoms with Crippen molar-refractivity contribution >= 4 is 55.4 Å². The highest BCUT2D eigenvalue weighted by atomic mass is 127. The van der Waals surface area contributed by atoms with Crippen molar-refractivity contribution in [2.75, 3.05) is 0 Å². The first-order chi connectivity index (χ1) is 6.43. The monoisotopic (exact) mass is 395 g/mol. The Balaban J connectivity index is 3.35. The van der Waals surface area contributed by atoms with Crippen LogP contribution in [0.1, 0.15) is 22.5 Å². The fourth-order valence-electron chi connectivity index (χ4n) is 0.776. The molecular formula is C7H2BrClF2INO. The summed E-state index contributed by atoms with van der Waals surface area (Å²) in [5.74, 6) is 0. The average molecular weight is 396 g/mol. The molecule has 0 aromatic carbocycles. The molecule has 0 aliphatic heterocycles. The molecule has 0 unspecified atom stereocenters. The SMILES string of the molecule is O=C(Cl)c1cc(C(F)F)c(I)c(Br)n1. The Morgan fingerprint density at radius 3 is 2.64 bits per heavy atom. The van der Waals surface area contributed by atoms with E-state index in [-0.39, 0.29) is 19.4 Å². The van der Waals surface area contributed by atoms with Gasteiger partial charge in [0.2, 0.25) is 0 Å². The van der Waals surface area contributed by atoms with Gasteiger partial charge in [0.1, 0.15) is 10.3 Å². The van der Waals surface area contributed by atoms with Gasteiger partial charge in [0.05, 0.1) is 3.57 Å². The lowest BCUT2D eigenvalue weighted by Crippen LogP contribution is -2.01. The fourth-order valence-corrected chi connectivity index (χ4v) is 1.80. The molecule has 0 saturated carbocycles. The molecule has 14 heavy (non-hydrogen) atoms. The van der Waals surface area contributed by atoms with Gasteiger partial charge in [-0.05, 0) is 56.2 Å². The molecule has 2 nitrogen and oxygen atoms in total. The molecule has 76 valence electrons. The topological polar surface area (TPSA) is 30.0 Å². The van der Waals surface area contributed by atoms with Crippen molar-refractivity contribution in [1.82, 2.24) is 4.98 Å². The summed E-state index contributed by atoms with van der Waals surface area (Å²) in [5.41, 5.74) is -0.439. The Kier molecular flexibility index (Phi) is 4.20. The number of hydrogen-bond acceptors (Lipinski definition) is 2. The third kappa shape index (κ3) is 2.60. The molecule has 1 rings (SSSR count). The molecule has 0 amide bonds. The van der Waals surface area contributed by atoms with Gasteiger partial charge in [0, 0.05) is 5.56 Å². The summed E-state index contributed by atoms with van der Waals surface area (Å²) < 4.78 is 25.4. The van der Waals surface area contributed by atoms with Crippen molar-refractivity contribution in [2.45, 2.75) is 6.43 Å². The maximum absolute atomic E-state index is 12.4. The van der Waals surface area contributed by atoms with Crippen LogP contribution >= 0.6 is 50.1 Å². The van der Waals surface area contributed by atoms with Gasteiger partial charge in [-0.15, -0.1) is 0 Å². The summed E-state index contributed by atoms with van der Waals surface area (Å²) in [5, 5.41) is -0.857. The first kappa shape index (κ1) is 12.3. The molecule has 1 heterocycles. The zero-order valence-electron chi connectivity index (χ0n) is 6.40. The number of nitrogens with zero attached hydrogens (tertiary/aromatic N) is 1. The lowest BCUT2D eigenvalue weighted by molar-refractivity contribution is 0.107. The highest BCUT2D eigenvalue weighted by Gasteiger charge is 2.18. The lowest BCUT2D eigenvalue weighted by Gasteiger charge is -2.05. The second kappa shape index (κ2) is 4.80. The highest BCUT2D eigenvalue weighted by molar-refractivity contribution is 14.1. The van der Waals surface area contributed by atoms with Crippen molar-refractivity contribution in [3.05, 3.63) is 25.5 Å². The quantitative estimate of drug-likeness (QED) is 0.433. The van der Waals surface area contributed by atoms with Crippen LogP contribution in [0.2, 0.25) is 0 Å². The van der Waals surface area contributed by atoms with E-state index in [9.17, 15) is 13.6 Å². The van der Waals surface area contributed by atoms with Crippen molar-refractivity contribution in [3.8, 4) is 0 Å². The number of carbonyl (C=O) groups excluding carboxylic acids is 1.